The number of hydrogen-bond acceptors (Lipinski definition) is 3. The first kappa shape index (κ1) is 16.4. The molecule has 2 N–H and O–H groups in total. The Balaban J connectivity index is 1.63. The van der Waals surface area contributed by atoms with Crippen LogP contribution in [0.25, 0.3) is 0 Å². The summed E-state index contributed by atoms with van der Waals surface area (Å²) >= 11 is 11.3. The van der Waals surface area contributed by atoms with Gasteiger partial charge in [-0.25, -0.2) is 14.1 Å². The first-order valence-corrected chi connectivity index (χ1v) is 7.86. The van der Waals surface area contributed by atoms with Crippen LogP contribution >= 0.6 is 23.8 Å². The van der Waals surface area contributed by atoms with Gasteiger partial charge in [-0.15, -0.1) is 5.10 Å². The normalized spacial score (nSPS) is 10.4. The molecule has 0 aliphatic carbocycles. The second-order valence-corrected chi connectivity index (χ2v) is 5.73. The van der Waals surface area contributed by atoms with Crippen molar-refractivity contribution < 1.29 is 4.39 Å². The summed E-state index contributed by atoms with van der Waals surface area (Å²) in [6, 6.07) is 13.8. The molecule has 0 aliphatic rings. The molecule has 0 amide bonds. The van der Waals surface area contributed by atoms with Crippen molar-refractivity contribution in [3.63, 3.8) is 0 Å². The SMILES string of the molecule is Fc1ccccc1Cn1cnc(NC(=S)Nc2ccccc2Cl)n1. The average Bonchev–Trinajstić information content (AvgIpc) is 2.99. The van der Waals surface area contributed by atoms with Crippen molar-refractivity contribution in [3.8, 4) is 0 Å². The fourth-order valence-corrected chi connectivity index (χ4v) is 2.43. The van der Waals surface area contributed by atoms with Gasteiger partial charge in [-0.2, -0.15) is 0 Å². The number of rotatable bonds is 4. The smallest absolute Gasteiger partial charge is 0.248 e. The molecule has 0 saturated carbocycles. The summed E-state index contributed by atoms with van der Waals surface area (Å²) in [7, 11) is 0. The van der Waals surface area contributed by atoms with Crippen molar-refractivity contribution in [1.29, 1.82) is 0 Å². The molecule has 24 heavy (non-hydrogen) atoms. The van der Waals surface area contributed by atoms with Gasteiger partial charge in [0.1, 0.15) is 12.1 Å². The van der Waals surface area contributed by atoms with Crippen LogP contribution in [0.15, 0.2) is 54.9 Å². The Morgan fingerprint density at radius 3 is 2.67 bits per heavy atom. The zero-order valence-corrected chi connectivity index (χ0v) is 14.0. The Morgan fingerprint density at radius 2 is 1.88 bits per heavy atom. The minimum absolute atomic E-state index is 0.279. The van der Waals surface area contributed by atoms with Crippen molar-refractivity contribution in [2.75, 3.05) is 10.6 Å². The van der Waals surface area contributed by atoms with Crippen molar-refractivity contribution in [1.82, 2.24) is 14.8 Å². The van der Waals surface area contributed by atoms with Crippen LogP contribution in [0.1, 0.15) is 5.56 Å². The first-order chi connectivity index (χ1) is 11.6. The molecule has 3 rings (SSSR count). The molecule has 0 radical (unpaired) electrons. The quantitative estimate of drug-likeness (QED) is 0.690. The molecule has 0 spiro atoms. The number of halogens is 2. The minimum atomic E-state index is -0.279. The van der Waals surface area contributed by atoms with Crippen LogP contribution in [0, 0.1) is 5.82 Å². The lowest BCUT2D eigenvalue weighted by Gasteiger charge is -2.09. The lowest BCUT2D eigenvalue weighted by atomic mass is 10.2. The lowest BCUT2D eigenvalue weighted by Crippen LogP contribution is -2.20. The average molecular weight is 362 g/mol. The molecule has 0 aliphatic heterocycles. The highest BCUT2D eigenvalue weighted by Gasteiger charge is 2.07. The van der Waals surface area contributed by atoms with Crippen LogP contribution in [0.5, 0.6) is 0 Å². The molecule has 2 aromatic carbocycles. The molecule has 0 fully saturated rings. The van der Waals surface area contributed by atoms with Gasteiger partial charge in [-0.05, 0) is 30.4 Å². The van der Waals surface area contributed by atoms with Crippen LogP contribution in [-0.2, 0) is 6.54 Å². The highest BCUT2D eigenvalue weighted by Crippen LogP contribution is 2.20. The summed E-state index contributed by atoms with van der Waals surface area (Å²) in [6.45, 7) is 0.284. The van der Waals surface area contributed by atoms with Crippen LogP contribution in [0.4, 0.5) is 16.0 Å². The third kappa shape index (κ3) is 4.06. The summed E-state index contributed by atoms with van der Waals surface area (Å²) in [6.07, 6.45) is 1.51. The van der Waals surface area contributed by atoms with Crippen LogP contribution in [0.2, 0.25) is 5.02 Å². The number of aromatic nitrogens is 3. The molecule has 8 heteroatoms. The van der Waals surface area contributed by atoms with E-state index in [1.54, 1.807) is 30.3 Å². The maximum Gasteiger partial charge on any atom is 0.248 e. The van der Waals surface area contributed by atoms with E-state index in [0.29, 0.717) is 27.3 Å². The van der Waals surface area contributed by atoms with Crippen molar-refractivity contribution >= 4 is 40.6 Å². The van der Waals surface area contributed by atoms with Gasteiger partial charge in [-0.1, -0.05) is 41.9 Å². The zero-order chi connectivity index (χ0) is 16.9. The number of hydrogen-bond donors (Lipinski definition) is 2. The van der Waals surface area contributed by atoms with Gasteiger partial charge >= 0.3 is 0 Å². The topological polar surface area (TPSA) is 54.8 Å². The van der Waals surface area contributed by atoms with E-state index in [2.05, 4.69) is 20.7 Å². The zero-order valence-electron chi connectivity index (χ0n) is 12.4. The number of nitrogens with zero attached hydrogens (tertiary/aromatic N) is 3. The highest BCUT2D eigenvalue weighted by atomic mass is 35.5. The Labute approximate surface area is 148 Å². The third-order valence-electron chi connectivity index (χ3n) is 3.17. The monoisotopic (exact) mass is 361 g/mol. The molecular formula is C16H13ClFN5S. The van der Waals surface area contributed by atoms with E-state index in [0.717, 1.165) is 0 Å². The number of para-hydroxylation sites is 1. The molecular weight excluding hydrogens is 349 g/mol. The summed E-state index contributed by atoms with van der Waals surface area (Å²) < 4.78 is 15.2. The number of benzene rings is 2. The molecule has 5 nitrogen and oxygen atoms in total. The standard InChI is InChI=1S/C16H13ClFN5S/c17-12-6-2-4-8-14(12)20-16(24)21-15-19-10-23(22-15)9-11-5-1-3-7-13(11)18/h1-8,10H,9H2,(H2,20,21,22,24). The number of nitrogens with one attached hydrogen (secondary N) is 2. The Hall–Kier alpha value is -2.51. The van der Waals surface area contributed by atoms with Crippen molar-refractivity contribution in [3.05, 3.63) is 71.3 Å². The predicted molar refractivity (Wildman–Crippen MR) is 96.8 cm³/mol. The van der Waals surface area contributed by atoms with E-state index in [4.69, 9.17) is 23.8 Å². The summed E-state index contributed by atoms with van der Waals surface area (Å²) in [4.78, 5) is 4.10. The van der Waals surface area contributed by atoms with E-state index >= 15 is 0 Å². The molecule has 3 aromatic rings. The molecule has 0 atom stereocenters. The van der Waals surface area contributed by atoms with E-state index in [9.17, 15) is 4.39 Å². The fraction of sp³-hybridized carbons (Fsp3) is 0.0625. The Morgan fingerprint density at radius 1 is 1.12 bits per heavy atom. The predicted octanol–water partition coefficient (Wildman–Crippen LogP) is 3.93. The van der Waals surface area contributed by atoms with Crippen LogP contribution in [-0.4, -0.2) is 19.9 Å². The third-order valence-corrected chi connectivity index (χ3v) is 3.71. The molecule has 122 valence electrons. The van der Waals surface area contributed by atoms with Crippen LogP contribution in [0.3, 0.4) is 0 Å². The molecule has 0 unspecified atom stereocenters. The van der Waals surface area contributed by atoms with Crippen molar-refractivity contribution in [2.24, 2.45) is 0 Å². The minimum Gasteiger partial charge on any atom is -0.331 e. The summed E-state index contributed by atoms with van der Waals surface area (Å²) in [5.74, 6) is 0.0364. The van der Waals surface area contributed by atoms with Gasteiger partial charge < -0.3 is 5.32 Å². The van der Waals surface area contributed by atoms with Gasteiger partial charge in [0.15, 0.2) is 5.11 Å². The first-order valence-electron chi connectivity index (χ1n) is 7.07. The molecule has 0 saturated heterocycles. The number of thiocarbonyl (C=S) groups is 1. The second kappa shape index (κ2) is 7.37. The second-order valence-electron chi connectivity index (χ2n) is 4.92. The largest absolute Gasteiger partial charge is 0.331 e. The summed E-state index contributed by atoms with van der Waals surface area (Å²) in [5.41, 5.74) is 1.22. The highest BCUT2D eigenvalue weighted by molar-refractivity contribution is 7.80. The van der Waals surface area contributed by atoms with E-state index < -0.39 is 0 Å². The van der Waals surface area contributed by atoms with Gasteiger partial charge in [-0.3, -0.25) is 5.32 Å². The van der Waals surface area contributed by atoms with Gasteiger partial charge in [0.25, 0.3) is 0 Å². The molecule has 1 heterocycles. The van der Waals surface area contributed by atoms with E-state index in [1.807, 2.05) is 12.1 Å². The van der Waals surface area contributed by atoms with Crippen LogP contribution < -0.4 is 10.6 Å². The molecule has 0 bridgehead atoms. The van der Waals surface area contributed by atoms with Gasteiger partial charge in [0.05, 0.1) is 17.3 Å². The number of anilines is 2. The fourth-order valence-electron chi connectivity index (χ4n) is 2.05. The maximum atomic E-state index is 13.7. The maximum absolute atomic E-state index is 13.7. The van der Waals surface area contributed by atoms with Crippen molar-refractivity contribution in [2.45, 2.75) is 6.54 Å². The summed E-state index contributed by atoms with van der Waals surface area (Å²) in [5, 5.41) is 10.9. The molecule has 1 aromatic heterocycles. The van der Waals surface area contributed by atoms with Gasteiger partial charge in [0, 0.05) is 5.56 Å². The lowest BCUT2D eigenvalue weighted by molar-refractivity contribution is 0.585. The van der Waals surface area contributed by atoms with E-state index in [1.165, 1.54) is 17.1 Å². The Bertz CT molecular complexity index is 867. The van der Waals surface area contributed by atoms with Gasteiger partial charge in [0.2, 0.25) is 5.95 Å². The van der Waals surface area contributed by atoms with E-state index in [-0.39, 0.29) is 12.4 Å². The Kier molecular flexibility index (Phi) is 5.02.